The van der Waals surface area contributed by atoms with E-state index in [0.29, 0.717) is 30.6 Å². The van der Waals surface area contributed by atoms with E-state index in [1.165, 1.54) is 30.6 Å². The van der Waals surface area contributed by atoms with Crippen LogP contribution in [0.1, 0.15) is 29.6 Å². The Morgan fingerprint density at radius 1 is 1.21 bits per heavy atom. The first kappa shape index (κ1) is 19.0. The molecule has 1 aromatic heterocycles. The summed E-state index contributed by atoms with van der Waals surface area (Å²) in [7, 11) is 1.53. The summed E-state index contributed by atoms with van der Waals surface area (Å²) in [5.41, 5.74) is -0.0336. The Bertz CT molecular complexity index is 928. The van der Waals surface area contributed by atoms with E-state index < -0.39 is 5.82 Å². The van der Waals surface area contributed by atoms with E-state index in [-0.39, 0.29) is 40.3 Å². The highest BCUT2D eigenvalue weighted by Crippen LogP contribution is 2.60. The van der Waals surface area contributed by atoms with Crippen LogP contribution in [0.15, 0.2) is 29.0 Å². The van der Waals surface area contributed by atoms with Gasteiger partial charge in [0, 0.05) is 27.9 Å². The fourth-order valence-corrected chi connectivity index (χ4v) is 4.91. The van der Waals surface area contributed by atoms with Gasteiger partial charge in [0.05, 0.1) is 17.7 Å². The number of amides is 2. The molecular weight excluding hydrogens is 407 g/mol. The number of benzene rings is 1. The van der Waals surface area contributed by atoms with Crippen molar-refractivity contribution in [3.8, 4) is 11.5 Å². The highest BCUT2D eigenvalue weighted by Gasteiger charge is 2.69. The first-order valence-corrected chi connectivity index (χ1v) is 9.97. The Balaban J connectivity index is 1.24. The second kappa shape index (κ2) is 6.93. The van der Waals surface area contributed by atoms with Crippen molar-refractivity contribution in [2.45, 2.75) is 30.3 Å². The smallest absolute Gasteiger partial charge is 0.258 e. The van der Waals surface area contributed by atoms with Crippen LogP contribution in [0.25, 0.3) is 0 Å². The van der Waals surface area contributed by atoms with Crippen LogP contribution in [-0.2, 0) is 4.79 Å². The Labute approximate surface area is 170 Å². The van der Waals surface area contributed by atoms with Crippen LogP contribution in [0.3, 0.4) is 0 Å². The average molecular weight is 425 g/mol. The van der Waals surface area contributed by atoms with E-state index in [4.69, 9.17) is 21.1 Å². The molecule has 28 heavy (non-hydrogen) atoms. The largest absolute Gasteiger partial charge is 0.495 e. The summed E-state index contributed by atoms with van der Waals surface area (Å²) in [6.07, 6.45) is 2.04. The van der Waals surface area contributed by atoms with Crippen molar-refractivity contribution in [2.24, 2.45) is 0 Å². The second-order valence-electron chi connectivity index (χ2n) is 7.31. The van der Waals surface area contributed by atoms with Crippen molar-refractivity contribution >= 4 is 34.8 Å². The number of rotatable bonds is 7. The van der Waals surface area contributed by atoms with Gasteiger partial charge in [0.25, 0.3) is 11.8 Å². The predicted molar refractivity (Wildman–Crippen MR) is 103 cm³/mol. The molecule has 2 bridgehead atoms. The van der Waals surface area contributed by atoms with Crippen molar-refractivity contribution in [3.05, 3.63) is 45.4 Å². The molecule has 0 spiro atoms. The number of nitrogens with one attached hydrogen (secondary N) is 2. The van der Waals surface area contributed by atoms with Crippen molar-refractivity contribution in [1.29, 1.82) is 0 Å². The lowest BCUT2D eigenvalue weighted by atomic mass is 9.44. The maximum atomic E-state index is 13.4. The van der Waals surface area contributed by atoms with Crippen molar-refractivity contribution in [1.82, 2.24) is 10.6 Å². The summed E-state index contributed by atoms with van der Waals surface area (Å²) in [5, 5.41) is 9.55. The summed E-state index contributed by atoms with van der Waals surface area (Å²) in [6, 6.07) is 4.02. The monoisotopic (exact) mass is 424 g/mol. The molecule has 3 fully saturated rings. The number of thiophene rings is 1. The Morgan fingerprint density at radius 2 is 1.93 bits per heavy atom. The van der Waals surface area contributed by atoms with Crippen LogP contribution >= 0.6 is 22.9 Å². The lowest BCUT2D eigenvalue weighted by molar-refractivity contribution is -0.141. The van der Waals surface area contributed by atoms with Crippen LogP contribution in [0, 0.1) is 5.82 Å². The van der Waals surface area contributed by atoms with E-state index in [1.807, 2.05) is 0 Å². The van der Waals surface area contributed by atoms with E-state index >= 15 is 0 Å². The van der Waals surface area contributed by atoms with Gasteiger partial charge in [0.15, 0.2) is 6.61 Å². The Hall–Kier alpha value is -2.32. The lowest BCUT2D eigenvalue weighted by Gasteiger charge is -2.70. The van der Waals surface area contributed by atoms with Gasteiger partial charge in [-0.3, -0.25) is 9.59 Å². The quantitative estimate of drug-likeness (QED) is 0.715. The number of ether oxygens (including phenoxy) is 2. The number of methoxy groups -OCH3 is 1. The first-order chi connectivity index (χ1) is 13.3. The summed E-state index contributed by atoms with van der Waals surface area (Å²) in [5.74, 6) is -0.241. The fraction of sp³-hybridized carbons (Fsp3) is 0.368. The average Bonchev–Trinajstić information content (AvgIpc) is 3.08. The van der Waals surface area contributed by atoms with Gasteiger partial charge >= 0.3 is 0 Å². The molecule has 0 aliphatic heterocycles. The van der Waals surface area contributed by atoms with Gasteiger partial charge in [-0.25, -0.2) is 4.39 Å². The molecule has 2 amide bonds. The fourth-order valence-electron chi connectivity index (χ4n) is 4.02. The standard InChI is InChI=1S/C19H18ClFN2O4S/c1-26-15-7-28-6-12(15)17(25)23-19-8-18(9-19,10-19)22-16(24)5-27-11-2-3-13(20)14(21)4-11/h2-4,6-7H,5,8-10H2,1H3,(H,22,24)(H,23,25). The second-order valence-corrected chi connectivity index (χ2v) is 8.46. The van der Waals surface area contributed by atoms with Crippen LogP contribution < -0.4 is 20.1 Å². The highest BCUT2D eigenvalue weighted by atomic mass is 35.5. The summed E-state index contributed by atoms with van der Waals surface area (Å²) >= 11 is 7.02. The molecule has 0 atom stereocenters. The third-order valence-electron chi connectivity index (χ3n) is 5.17. The molecule has 1 aromatic carbocycles. The molecule has 0 radical (unpaired) electrons. The Morgan fingerprint density at radius 3 is 2.61 bits per heavy atom. The van der Waals surface area contributed by atoms with Crippen molar-refractivity contribution < 1.29 is 23.5 Å². The topological polar surface area (TPSA) is 76.7 Å². The first-order valence-electron chi connectivity index (χ1n) is 8.65. The molecule has 148 valence electrons. The van der Waals surface area contributed by atoms with E-state index in [0.717, 1.165) is 6.07 Å². The molecule has 3 aliphatic carbocycles. The minimum atomic E-state index is -0.598. The summed E-state index contributed by atoms with van der Waals surface area (Å²) < 4.78 is 23.9. The summed E-state index contributed by atoms with van der Waals surface area (Å²) in [6.45, 7) is -0.214. The van der Waals surface area contributed by atoms with Gasteiger partial charge < -0.3 is 20.1 Å². The van der Waals surface area contributed by atoms with Gasteiger partial charge in [0.1, 0.15) is 17.3 Å². The lowest BCUT2D eigenvalue weighted by Crippen LogP contribution is -2.84. The van der Waals surface area contributed by atoms with Gasteiger partial charge in [-0.15, -0.1) is 11.3 Å². The van der Waals surface area contributed by atoms with Crippen LogP contribution in [0.2, 0.25) is 5.02 Å². The van der Waals surface area contributed by atoms with Crippen LogP contribution in [-0.4, -0.2) is 36.6 Å². The Kier molecular flexibility index (Phi) is 4.71. The minimum absolute atomic E-state index is 0.00177. The highest BCUT2D eigenvalue weighted by molar-refractivity contribution is 7.08. The van der Waals surface area contributed by atoms with Gasteiger partial charge in [-0.2, -0.15) is 0 Å². The minimum Gasteiger partial charge on any atom is -0.495 e. The normalized spacial score (nSPS) is 24.5. The van der Waals surface area contributed by atoms with Crippen molar-refractivity contribution in [3.63, 3.8) is 0 Å². The van der Waals surface area contributed by atoms with E-state index in [1.54, 1.807) is 10.8 Å². The molecule has 3 aliphatic rings. The van der Waals surface area contributed by atoms with Crippen LogP contribution in [0.5, 0.6) is 11.5 Å². The molecule has 2 aromatic rings. The zero-order valence-corrected chi connectivity index (χ0v) is 16.6. The molecule has 0 saturated heterocycles. The third kappa shape index (κ3) is 3.42. The molecule has 0 unspecified atom stereocenters. The number of carbonyl (C=O) groups is 2. The van der Waals surface area contributed by atoms with Crippen molar-refractivity contribution in [2.75, 3.05) is 13.7 Å². The molecule has 1 heterocycles. The third-order valence-corrected chi connectivity index (χ3v) is 6.19. The number of halogens is 2. The maximum Gasteiger partial charge on any atom is 0.258 e. The molecule has 3 saturated carbocycles. The van der Waals surface area contributed by atoms with E-state index in [2.05, 4.69) is 10.6 Å². The van der Waals surface area contributed by atoms with Gasteiger partial charge in [-0.1, -0.05) is 11.6 Å². The molecule has 5 rings (SSSR count). The molecule has 6 nitrogen and oxygen atoms in total. The zero-order valence-electron chi connectivity index (χ0n) is 15.0. The number of hydrogen-bond donors (Lipinski definition) is 2. The molecular formula is C19H18ClFN2O4S. The van der Waals surface area contributed by atoms with Crippen LogP contribution in [0.4, 0.5) is 4.39 Å². The van der Waals surface area contributed by atoms with Gasteiger partial charge in [-0.05, 0) is 31.4 Å². The maximum absolute atomic E-state index is 13.4. The number of carbonyl (C=O) groups excluding carboxylic acids is 2. The molecule has 9 heteroatoms. The SMILES string of the molecule is COc1cscc1C(=O)NC12CC(NC(=O)COc3ccc(Cl)c(F)c3)(C1)C2. The number of hydrogen-bond acceptors (Lipinski definition) is 5. The van der Waals surface area contributed by atoms with E-state index in [9.17, 15) is 14.0 Å². The predicted octanol–water partition coefficient (Wildman–Crippen LogP) is 3.15. The summed E-state index contributed by atoms with van der Waals surface area (Å²) in [4.78, 5) is 24.6. The van der Waals surface area contributed by atoms with Gasteiger partial charge in [0.2, 0.25) is 0 Å². The molecule has 2 N–H and O–H groups in total. The zero-order chi connectivity index (χ0) is 19.9.